The highest BCUT2D eigenvalue weighted by Crippen LogP contribution is 2.23. The Balaban J connectivity index is 2.42. The number of nitrogens with zero attached hydrogens (tertiary/aromatic N) is 3. The van der Waals surface area contributed by atoms with Crippen LogP contribution >= 0.6 is 0 Å². The van der Waals surface area contributed by atoms with Crippen LogP contribution in [0.3, 0.4) is 0 Å². The topological polar surface area (TPSA) is 171 Å². The largest absolute Gasteiger partial charge is 0.475 e. The molecule has 1 heterocycles. The normalized spacial score (nSPS) is 12.0. The van der Waals surface area contributed by atoms with E-state index >= 15 is 0 Å². The predicted molar refractivity (Wildman–Crippen MR) is 103 cm³/mol. The van der Waals surface area contributed by atoms with Gasteiger partial charge in [0.15, 0.2) is 21.3 Å². The molecule has 0 atom stereocenters. The summed E-state index contributed by atoms with van der Waals surface area (Å²) in [5.74, 6) is 2.74. The fourth-order valence-electron chi connectivity index (χ4n) is 2.08. The van der Waals surface area contributed by atoms with Gasteiger partial charge in [-0.3, -0.25) is 0 Å². The second-order valence-corrected chi connectivity index (χ2v) is 8.38. The van der Waals surface area contributed by atoms with Crippen molar-refractivity contribution in [1.29, 1.82) is 0 Å². The van der Waals surface area contributed by atoms with Crippen molar-refractivity contribution in [2.24, 2.45) is 10.9 Å². The number of nitrogen functional groups attached to an aromatic ring is 1. The number of hydrazone groups is 1. The maximum absolute atomic E-state index is 12.2. The molecular formula is C17H19N5O5S. The van der Waals surface area contributed by atoms with Crippen LogP contribution in [0.4, 0.5) is 5.82 Å². The standard InChI is InChI=1S/C17H19N5O5S/c1-9(2)28(25,26)12-6-4-11(5-7-12)13-8-20-15(18)14(21-13)16(22-19)27-10(3)17(23)24/h4-9H,3,19H2,1-2H3,(H2,18,20)(H,23,24)/b22-16-. The summed E-state index contributed by atoms with van der Waals surface area (Å²) in [5.41, 5.74) is 6.55. The summed E-state index contributed by atoms with van der Waals surface area (Å²) in [7, 11) is -3.41. The highest BCUT2D eigenvalue weighted by molar-refractivity contribution is 7.92. The third kappa shape index (κ3) is 4.26. The van der Waals surface area contributed by atoms with E-state index in [-0.39, 0.29) is 22.3 Å². The summed E-state index contributed by atoms with van der Waals surface area (Å²) in [6, 6.07) is 6.05. The van der Waals surface area contributed by atoms with Crippen LogP contribution in [-0.4, -0.2) is 40.6 Å². The van der Waals surface area contributed by atoms with Crippen LogP contribution < -0.4 is 11.6 Å². The minimum absolute atomic E-state index is 0.0821. The highest BCUT2D eigenvalue weighted by Gasteiger charge is 2.20. The van der Waals surface area contributed by atoms with E-state index in [1.165, 1.54) is 18.3 Å². The van der Waals surface area contributed by atoms with Crippen molar-refractivity contribution >= 4 is 27.5 Å². The van der Waals surface area contributed by atoms with Crippen LogP contribution in [-0.2, 0) is 19.4 Å². The second kappa shape index (κ2) is 8.05. The number of sulfone groups is 1. The maximum atomic E-state index is 12.2. The van der Waals surface area contributed by atoms with Gasteiger partial charge in [0.25, 0.3) is 5.90 Å². The molecule has 0 saturated heterocycles. The SMILES string of the molecule is C=C(O/C(=N\N)c1nc(-c2ccc(S(=O)(=O)C(C)C)cc2)cnc1N)C(=O)O. The van der Waals surface area contributed by atoms with Gasteiger partial charge < -0.3 is 21.4 Å². The van der Waals surface area contributed by atoms with E-state index in [0.717, 1.165) is 0 Å². The van der Waals surface area contributed by atoms with Crippen LogP contribution in [0, 0.1) is 0 Å². The van der Waals surface area contributed by atoms with Gasteiger partial charge in [-0.2, -0.15) is 0 Å². The van der Waals surface area contributed by atoms with Crippen molar-refractivity contribution in [3.05, 3.63) is 48.5 Å². The first kappa shape index (κ1) is 20.8. The van der Waals surface area contributed by atoms with Crippen molar-refractivity contribution < 1.29 is 23.1 Å². The number of rotatable bonds is 6. The van der Waals surface area contributed by atoms with Gasteiger partial charge in [-0.15, -0.1) is 5.10 Å². The first-order valence-corrected chi connectivity index (χ1v) is 9.47. The molecule has 0 unspecified atom stereocenters. The average Bonchev–Trinajstić information content (AvgIpc) is 2.66. The molecule has 28 heavy (non-hydrogen) atoms. The molecule has 0 bridgehead atoms. The summed E-state index contributed by atoms with van der Waals surface area (Å²) >= 11 is 0. The summed E-state index contributed by atoms with van der Waals surface area (Å²) in [5, 5.41) is 11.7. The fourth-order valence-corrected chi connectivity index (χ4v) is 3.14. The zero-order valence-electron chi connectivity index (χ0n) is 15.2. The second-order valence-electron chi connectivity index (χ2n) is 5.87. The minimum Gasteiger partial charge on any atom is -0.475 e. The Morgan fingerprint density at radius 2 is 1.89 bits per heavy atom. The number of hydrogen-bond donors (Lipinski definition) is 3. The van der Waals surface area contributed by atoms with Gasteiger partial charge in [0.05, 0.1) is 22.0 Å². The van der Waals surface area contributed by atoms with E-state index in [9.17, 15) is 13.2 Å². The molecule has 0 aliphatic rings. The molecule has 5 N–H and O–H groups in total. The lowest BCUT2D eigenvalue weighted by Gasteiger charge is -2.11. The maximum Gasteiger partial charge on any atom is 0.371 e. The van der Waals surface area contributed by atoms with E-state index in [1.807, 2.05) is 0 Å². The molecule has 0 saturated carbocycles. The Kier molecular flexibility index (Phi) is 5.99. The molecule has 1 aromatic carbocycles. The van der Waals surface area contributed by atoms with Crippen molar-refractivity contribution in [3.8, 4) is 11.3 Å². The molecule has 1 aromatic heterocycles. The van der Waals surface area contributed by atoms with Crippen LogP contribution in [0.1, 0.15) is 19.5 Å². The Labute approximate surface area is 161 Å². The molecule has 0 aliphatic heterocycles. The number of aliphatic carboxylic acids is 1. The molecule has 2 rings (SSSR count). The minimum atomic E-state index is -3.41. The zero-order valence-corrected chi connectivity index (χ0v) is 16.0. The Hall–Kier alpha value is -3.47. The number of aromatic nitrogens is 2. The van der Waals surface area contributed by atoms with Gasteiger partial charge >= 0.3 is 5.97 Å². The number of hydrogen-bond acceptors (Lipinski definition) is 9. The first-order chi connectivity index (χ1) is 13.1. The zero-order chi connectivity index (χ0) is 21.1. The lowest BCUT2D eigenvalue weighted by molar-refractivity contribution is -0.135. The smallest absolute Gasteiger partial charge is 0.371 e. The van der Waals surface area contributed by atoms with Gasteiger partial charge in [-0.1, -0.05) is 12.1 Å². The molecule has 10 nitrogen and oxygen atoms in total. The molecule has 11 heteroatoms. The van der Waals surface area contributed by atoms with E-state index in [4.69, 9.17) is 21.4 Å². The van der Waals surface area contributed by atoms with Crippen LogP contribution in [0.5, 0.6) is 0 Å². The number of carbonyl (C=O) groups is 1. The third-order valence-electron chi connectivity index (χ3n) is 3.68. The lowest BCUT2D eigenvalue weighted by atomic mass is 10.1. The fraction of sp³-hybridized carbons (Fsp3) is 0.176. The first-order valence-electron chi connectivity index (χ1n) is 7.93. The van der Waals surface area contributed by atoms with Gasteiger partial charge in [0.2, 0.25) is 5.76 Å². The number of carboxylic acid groups (broad SMARTS) is 1. The number of nitrogens with two attached hydrogens (primary N) is 2. The third-order valence-corrected chi connectivity index (χ3v) is 5.85. The van der Waals surface area contributed by atoms with Crippen molar-refractivity contribution in [3.63, 3.8) is 0 Å². The molecule has 0 spiro atoms. The van der Waals surface area contributed by atoms with Gasteiger partial charge in [0.1, 0.15) is 0 Å². The molecule has 2 aromatic rings. The highest BCUT2D eigenvalue weighted by atomic mass is 32.2. The van der Waals surface area contributed by atoms with E-state index in [2.05, 4.69) is 21.6 Å². The summed E-state index contributed by atoms with van der Waals surface area (Å²) in [4.78, 5) is 19.3. The van der Waals surface area contributed by atoms with Gasteiger partial charge in [0, 0.05) is 5.56 Å². The molecule has 0 fully saturated rings. The van der Waals surface area contributed by atoms with Gasteiger partial charge in [-0.05, 0) is 32.6 Å². The van der Waals surface area contributed by atoms with Crippen molar-refractivity contribution in [2.45, 2.75) is 24.0 Å². The quantitative estimate of drug-likeness (QED) is 0.159. The number of ether oxygens (including phenoxy) is 1. The van der Waals surface area contributed by atoms with Crippen molar-refractivity contribution in [2.75, 3.05) is 5.73 Å². The Morgan fingerprint density at radius 1 is 1.29 bits per heavy atom. The van der Waals surface area contributed by atoms with Crippen LogP contribution in [0.25, 0.3) is 11.3 Å². The molecular weight excluding hydrogens is 386 g/mol. The average molecular weight is 405 g/mol. The van der Waals surface area contributed by atoms with E-state index in [1.54, 1.807) is 26.0 Å². The summed E-state index contributed by atoms with van der Waals surface area (Å²) in [6.07, 6.45) is 1.37. The molecule has 0 amide bonds. The van der Waals surface area contributed by atoms with E-state index < -0.39 is 26.8 Å². The molecule has 148 valence electrons. The van der Waals surface area contributed by atoms with E-state index in [0.29, 0.717) is 11.3 Å². The van der Waals surface area contributed by atoms with Crippen LogP contribution in [0.15, 0.2) is 52.8 Å². The van der Waals surface area contributed by atoms with Crippen molar-refractivity contribution in [1.82, 2.24) is 9.97 Å². The number of carboxylic acids is 1. The Bertz CT molecular complexity index is 1050. The van der Waals surface area contributed by atoms with Crippen LogP contribution in [0.2, 0.25) is 0 Å². The number of anilines is 1. The summed E-state index contributed by atoms with van der Waals surface area (Å²) < 4.78 is 29.4. The number of benzene rings is 1. The predicted octanol–water partition coefficient (Wildman–Crippen LogP) is 1.14. The molecule has 0 aliphatic carbocycles. The summed E-state index contributed by atoms with van der Waals surface area (Å²) in [6.45, 7) is 6.41. The Morgan fingerprint density at radius 3 is 2.39 bits per heavy atom. The van der Waals surface area contributed by atoms with Gasteiger partial charge in [-0.25, -0.2) is 23.2 Å². The lowest BCUT2D eigenvalue weighted by Crippen LogP contribution is -2.17. The monoisotopic (exact) mass is 405 g/mol. The molecule has 0 radical (unpaired) electrons.